The molecule has 0 amide bonds. The van der Waals surface area contributed by atoms with Gasteiger partial charge in [-0.15, -0.1) is 0 Å². The van der Waals surface area contributed by atoms with Crippen LogP contribution >= 0.6 is 11.6 Å². The zero-order chi connectivity index (χ0) is 14.3. The number of esters is 2. The Morgan fingerprint density at radius 1 is 1.16 bits per heavy atom. The minimum absolute atomic E-state index is 0.0175. The molecule has 6 heteroatoms. The van der Waals surface area contributed by atoms with E-state index < -0.39 is 29.5 Å². The van der Waals surface area contributed by atoms with Crippen LogP contribution in [0.25, 0.3) is 0 Å². The summed E-state index contributed by atoms with van der Waals surface area (Å²) in [7, 11) is 1.12. The molecule has 102 valence electrons. The van der Waals surface area contributed by atoms with Crippen molar-refractivity contribution in [1.82, 2.24) is 0 Å². The summed E-state index contributed by atoms with van der Waals surface area (Å²) in [6.07, 6.45) is -0.443. The summed E-state index contributed by atoms with van der Waals surface area (Å²) < 4.78 is 9.40. The van der Waals surface area contributed by atoms with Crippen LogP contribution in [-0.2, 0) is 30.5 Å². The van der Waals surface area contributed by atoms with Crippen LogP contribution in [0.15, 0.2) is 30.3 Å². The highest BCUT2D eigenvalue weighted by atomic mass is 35.5. The number of methoxy groups -OCH3 is 1. The molecule has 0 saturated carbocycles. The van der Waals surface area contributed by atoms with Crippen LogP contribution in [0, 0.1) is 5.92 Å². The number of hydrogen-bond acceptors (Lipinski definition) is 5. The maximum absolute atomic E-state index is 11.7. The van der Waals surface area contributed by atoms with Crippen molar-refractivity contribution in [2.45, 2.75) is 13.0 Å². The molecule has 0 aliphatic heterocycles. The number of ether oxygens (including phenoxy) is 2. The fourth-order valence-electron chi connectivity index (χ4n) is 1.39. The van der Waals surface area contributed by atoms with Gasteiger partial charge in [0.15, 0.2) is 5.92 Å². The van der Waals surface area contributed by atoms with Gasteiger partial charge in [0.1, 0.15) is 6.61 Å². The Balaban J connectivity index is 2.62. The highest BCUT2D eigenvalue weighted by Crippen LogP contribution is 2.12. The van der Waals surface area contributed by atoms with Gasteiger partial charge in [0.25, 0.3) is 0 Å². The molecule has 0 N–H and O–H groups in total. The first-order valence-electron chi connectivity index (χ1n) is 5.51. The van der Waals surface area contributed by atoms with E-state index in [0.717, 1.165) is 12.7 Å². The quantitative estimate of drug-likeness (QED) is 0.451. The van der Waals surface area contributed by atoms with Crippen LogP contribution in [0.4, 0.5) is 0 Å². The zero-order valence-corrected chi connectivity index (χ0v) is 11.1. The Kier molecular flexibility index (Phi) is 6.02. The van der Waals surface area contributed by atoms with Gasteiger partial charge in [0.2, 0.25) is 5.24 Å². The van der Waals surface area contributed by atoms with E-state index in [-0.39, 0.29) is 6.61 Å². The molecule has 0 aliphatic rings. The summed E-state index contributed by atoms with van der Waals surface area (Å²) in [5.41, 5.74) is 0.775. The molecule has 1 aromatic carbocycles. The normalized spacial score (nSPS) is 11.5. The fraction of sp³-hybridized carbons (Fsp3) is 0.308. The SMILES string of the molecule is COC(=O)C(CC(=O)Cl)C(=O)OCc1ccccc1. The molecule has 1 rings (SSSR count). The van der Waals surface area contributed by atoms with Gasteiger partial charge in [-0.05, 0) is 17.2 Å². The minimum Gasteiger partial charge on any atom is -0.468 e. The molecule has 0 bridgehead atoms. The first-order valence-corrected chi connectivity index (χ1v) is 5.89. The van der Waals surface area contributed by atoms with Gasteiger partial charge in [-0.2, -0.15) is 0 Å². The first kappa shape index (κ1) is 15.2. The lowest BCUT2D eigenvalue weighted by Gasteiger charge is -2.12. The molecule has 0 saturated heterocycles. The largest absolute Gasteiger partial charge is 0.468 e. The Hall–Kier alpha value is -1.88. The van der Waals surface area contributed by atoms with Crippen molar-refractivity contribution in [2.75, 3.05) is 7.11 Å². The van der Waals surface area contributed by atoms with E-state index in [1.807, 2.05) is 6.07 Å². The first-order chi connectivity index (χ1) is 9.04. The summed E-state index contributed by atoms with van der Waals surface area (Å²) in [4.78, 5) is 33.9. The van der Waals surface area contributed by atoms with Gasteiger partial charge in [-0.1, -0.05) is 30.3 Å². The highest BCUT2D eigenvalue weighted by Gasteiger charge is 2.31. The van der Waals surface area contributed by atoms with Gasteiger partial charge in [0, 0.05) is 6.42 Å². The molecular weight excluding hydrogens is 272 g/mol. The topological polar surface area (TPSA) is 69.7 Å². The molecule has 0 fully saturated rings. The van der Waals surface area contributed by atoms with E-state index in [1.54, 1.807) is 24.3 Å². The van der Waals surface area contributed by atoms with Crippen molar-refractivity contribution in [3.05, 3.63) is 35.9 Å². The molecule has 1 atom stereocenters. The lowest BCUT2D eigenvalue weighted by atomic mass is 10.1. The Morgan fingerprint density at radius 3 is 2.32 bits per heavy atom. The maximum atomic E-state index is 11.7. The third-order valence-electron chi connectivity index (χ3n) is 2.36. The third kappa shape index (κ3) is 5.09. The number of carbonyl (C=O) groups excluding carboxylic acids is 3. The second-order valence-corrected chi connectivity index (χ2v) is 4.15. The van der Waals surface area contributed by atoms with E-state index in [4.69, 9.17) is 16.3 Å². The van der Waals surface area contributed by atoms with E-state index in [0.29, 0.717) is 0 Å². The summed E-state index contributed by atoms with van der Waals surface area (Å²) in [6.45, 7) is 0.0175. The molecule has 0 spiro atoms. The monoisotopic (exact) mass is 284 g/mol. The maximum Gasteiger partial charge on any atom is 0.321 e. The van der Waals surface area contributed by atoms with E-state index in [2.05, 4.69) is 4.74 Å². The second-order valence-electron chi connectivity index (χ2n) is 3.73. The van der Waals surface area contributed by atoms with Crippen molar-refractivity contribution < 1.29 is 23.9 Å². The Bertz CT molecular complexity index is 457. The van der Waals surface area contributed by atoms with Crippen molar-refractivity contribution >= 4 is 28.8 Å². The Labute approximate surface area is 115 Å². The summed E-state index contributed by atoms with van der Waals surface area (Å²) in [6, 6.07) is 8.96. The van der Waals surface area contributed by atoms with Crippen LogP contribution < -0.4 is 0 Å². The molecule has 5 nitrogen and oxygen atoms in total. The summed E-state index contributed by atoms with van der Waals surface area (Å²) in [5.74, 6) is -2.99. The molecule has 0 aliphatic carbocycles. The zero-order valence-electron chi connectivity index (χ0n) is 10.3. The molecule has 0 aromatic heterocycles. The van der Waals surface area contributed by atoms with Gasteiger partial charge in [-0.3, -0.25) is 14.4 Å². The smallest absolute Gasteiger partial charge is 0.321 e. The van der Waals surface area contributed by atoms with Gasteiger partial charge >= 0.3 is 11.9 Å². The minimum atomic E-state index is -1.32. The van der Waals surface area contributed by atoms with Crippen LogP contribution in [0.3, 0.4) is 0 Å². The molecule has 1 aromatic rings. The predicted octanol–water partition coefficient (Wildman–Crippen LogP) is 1.67. The summed E-state index contributed by atoms with van der Waals surface area (Å²) in [5, 5.41) is -0.799. The molecule has 0 radical (unpaired) electrons. The standard InChI is InChI=1S/C13H13ClO5/c1-18-12(16)10(7-11(14)15)13(17)19-8-9-5-3-2-4-6-9/h2-6,10H,7-8H2,1H3. The second kappa shape index (κ2) is 7.53. The van der Waals surface area contributed by atoms with Crippen molar-refractivity contribution in [2.24, 2.45) is 5.92 Å². The fourth-order valence-corrected chi connectivity index (χ4v) is 1.55. The third-order valence-corrected chi connectivity index (χ3v) is 2.51. The van der Waals surface area contributed by atoms with Crippen molar-refractivity contribution in [1.29, 1.82) is 0 Å². The lowest BCUT2D eigenvalue weighted by Crippen LogP contribution is -2.28. The van der Waals surface area contributed by atoms with Gasteiger partial charge in [-0.25, -0.2) is 0 Å². The van der Waals surface area contributed by atoms with E-state index in [1.165, 1.54) is 0 Å². The number of hydrogen-bond donors (Lipinski definition) is 0. The van der Waals surface area contributed by atoms with Gasteiger partial charge in [0.05, 0.1) is 7.11 Å². The molecule has 0 heterocycles. The van der Waals surface area contributed by atoms with Crippen LogP contribution in [0.2, 0.25) is 0 Å². The average molecular weight is 285 g/mol. The van der Waals surface area contributed by atoms with E-state index >= 15 is 0 Å². The molecule has 19 heavy (non-hydrogen) atoms. The summed E-state index contributed by atoms with van der Waals surface area (Å²) >= 11 is 5.18. The lowest BCUT2D eigenvalue weighted by molar-refractivity contribution is -0.162. The van der Waals surface area contributed by atoms with Crippen LogP contribution in [0.5, 0.6) is 0 Å². The Morgan fingerprint density at radius 2 is 1.79 bits per heavy atom. The van der Waals surface area contributed by atoms with Crippen molar-refractivity contribution in [3.63, 3.8) is 0 Å². The van der Waals surface area contributed by atoms with Crippen LogP contribution in [0.1, 0.15) is 12.0 Å². The number of benzene rings is 1. The number of carbonyl (C=O) groups is 3. The van der Waals surface area contributed by atoms with Crippen molar-refractivity contribution in [3.8, 4) is 0 Å². The average Bonchev–Trinajstić information content (AvgIpc) is 2.42. The van der Waals surface area contributed by atoms with Gasteiger partial charge < -0.3 is 9.47 Å². The van der Waals surface area contributed by atoms with Crippen LogP contribution in [-0.4, -0.2) is 24.3 Å². The number of rotatable bonds is 6. The molecule has 1 unspecified atom stereocenters. The highest BCUT2D eigenvalue weighted by molar-refractivity contribution is 6.63. The molecular formula is C13H13ClO5. The predicted molar refractivity (Wildman–Crippen MR) is 67.2 cm³/mol. The van der Waals surface area contributed by atoms with E-state index in [9.17, 15) is 14.4 Å². The number of halogens is 1.